The van der Waals surface area contributed by atoms with Gasteiger partial charge >= 0.3 is 0 Å². The first-order chi connectivity index (χ1) is 11.6. The van der Waals surface area contributed by atoms with Crippen LogP contribution < -0.4 is 4.90 Å². The standard InChI is InChI=1S/C10H15N.C9H12.2C2H6/c1-4-11(3)10-8-6-5-7-9(10)2;1-3-9-7-5-4-6-8(9)2;2*1-2/h5-8H,4H2,1-3H3;4-7H,3H2,1-2H3;2*1-2H3. The zero-order valence-electron chi connectivity index (χ0n) is 17.5. The Morgan fingerprint density at radius 1 is 0.708 bits per heavy atom. The highest BCUT2D eigenvalue weighted by atomic mass is 15.1. The molecule has 0 N–H and O–H groups in total. The Hall–Kier alpha value is -1.76. The minimum Gasteiger partial charge on any atom is -0.375 e. The molecular weight excluding hydrogens is 290 g/mol. The van der Waals surface area contributed by atoms with Crippen molar-refractivity contribution in [2.24, 2.45) is 0 Å². The Labute approximate surface area is 151 Å². The van der Waals surface area contributed by atoms with E-state index in [4.69, 9.17) is 0 Å². The first kappa shape index (κ1) is 24.5. The largest absolute Gasteiger partial charge is 0.375 e. The molecule has 1 heteroatoms. The molecule has 0 atom stereocenters. The summed E-state index contributed by atoms with van der Waals surface area (Å²) in [5, 5.41) is 0. The first-order valence-electron chi connectivity index (χ1n) is 9.41. The SMILES string of the molecule is CC.CC.CCN(C)c1ccccc1C.CCc1ccccc1C. The minimum atomic E-state index is 1.06. The molecule has 0 fully saturated rings. The van der Waals surface area contributed by atoms with Crippen LogP contribution >= 0.6 is 0 Å². The van der Waals surface area contributed by atoms with E-state index in [1.165, 1.54) is 22.4 Å². The quantitative estimate of drug-likeness (QED) is 0.582. The highest BCUT2D eigenvalue weighted by Crippen LogP contribution is 2.16. The van der Waals surface area contributed by atoms with Crippen molar-refractivity contribution in [3.05, 3.63) is 65.2 Å². The van der Waals surface area contributed by atoms with Crippen LogP contribution in [0.3, 0.4) is 0 Å². The van der Waals surface area contributed by atoms with Crippen molar-refractivity contribution in [3.8, 4) is 0 Å². The smallest absolute Gasteiger partial charge is 0.0393 e. The van der Waals surface area contributed by atoms with Gasteiger partial charge < -0.3 is 4.90 Å². The van der Waals surface area contributed by atoms with Crippen molar-refractivity contribution in [2.75, 3.05) is 18.5 Å². The predicted octanol–water partition coefficient (Wildman–Crippen LogP) is 7.06. The number of para-hydroxylation sites is 1. The molecule has 0 aliphatic rings. The summed E-state index contributed by atoms with van der Waals surface area (Å²) in [5.41, 5.74) is 5.53. The number of aryl methyl sites for hydroxylation is 3. The number of rotatable bonds is 3. The average molecular weight is 330 g/mol. The van der Waals surface area contributed by atoms with E-state index in [-0.39, 0.29) is 0 Å². The monoisotopic (exact) mass is 329 g/mol. The normalized spacial score (nSPS) is 8.54. The van der Waals surface area contributed by atoms with E-state index in [0.29, 0.717) is 0 Å². The van der Waals surface area contributed by atoms with Gasteiger partial charge in [0.15, 0.2) is 0 Å². The third-order valence-electron chi connectivity index (χ3n) is 3.64. The van der Waals surface area contributed by atoms with Gasteiger partial charge in [-0.25, -0.2) is 0 Å². The molecule has 24 heavy (non-hydrogen) atoms. The lowest BCUT2D eigenvalue weighted by Crippen LogP contribution is -2.16. The van der Waals surface area contributed by atoms with Gasteiger partial charge in [-0.3, -0.25) is 0 Å². The van der Waals surface area contributed by atoms with E-state index >= 15 is 0 Å². The fourth-order valence-corrected chi connectivity index (χ4v) is 2.17. The van der Waals surface area contributed by atoms with Crippen molar-refractivity contribution >= 4 is 5.69 Å². The number of nitrogens with zero attached hydrogens (tertiary/aromatic N) is 1. The van der Waals surface area contributed by atoms with Crippen molar-refractivity contribution in [1.82, 2.24) is 0 Å². The summed E-state index contributed by atoms with van der Waals surface area (Å²) >= 11 is 0. The Bertz CT molecular complexity index is 517. The van der Waals surface area contributed by atoms with Crippen molar-refractivity contribution < 1.29 is 0 Å². The van der Waals surface area contributed by atoms with Crippen LogP contribution in [0.1, 0.15) is 58.2 Å². The molecule has 0 unspecified atom stereocenters. The summed E-state index contributed by atoms with van der Waals surface area (Å²) in [4.78, 5) is 2.25. The highest BCUT2D eigenvalue weighted by Gasteiger charge is 1.98. The van der Waals surface area contributed by atoms with Gasteiger partial charge in [0.1, 0.15) is 0 Å². The lowest BCUT2D eigenvalue weighted by molar-refractivity contribution is 0.961. The predicted molar refractivity (Wildman–Crippen MR) is 113 cm³/mol. The zero-order valence-corrected chi connectivity index (χ0v) is 17.5. The van der Waals surface area contributed by atoms with Crippen molar-refractivity contribution in [1.29, 1.82) is 0 Å². The van der Waals surface area contributed by atoms with Crippen LogP contribution in [0, 0.1) is 13.8 Å². The molecule has 0 aliphatic carbocycles. The minimum absolute atomic E-state index is 1.06. The number of hydrogen-bond donors (Lipinski definition) is 0. The zero-order chi connectivity index (χ0) is 19.0. The fraction of sp³-hybridized carbons (Fsp3) is 0.478. The van der Waals surface area contributed by atoms with Gasteiger partial charge in [0.25, 0.3) is 0 Å². The highest BCUT2D eigenvalue weighted by molar-refractivity contribution is 5.51. The number of hydrogen-bond acceptors (Lipinski definition) is 1. The Morgan fingerprint density at radius 2 is 1.17 bits per heavy atom. The van der Waals surface area contributed by atoms with E-state index in [0.717, 1.165) is 13.0 Å². The summed E-state index contributed by atoms with van der Waals surface area (Å²) in [6.07, 6.45) is 1.15. The molecule has 0 bridgehead atoms. The van der Waals surface area contributed by atoms with Gasteiger partial charge in [-0.1, -0.05) is 77.1 Å². The third kappa shape index (κ3) is 9.39. The van der Waals surface area contributed by atoms with Crippen LogP contribution in [0.4, 0.5) is 5.69 Å². The van der Waals surface area contributed by atoms with Crippen LogP contribution in [0.5, 0.6) is 0 Å². The summed E-state index contributed by atoms with van der Waals surface area (Å²) in [6.45, 7) is 17.7. The van der Waals surface area contributed by atoms with Crippen molar-refractivity contribution in [2.45, 2.75) is 61.8 Å². The molecule has 0 saturated heterocycles. The Balaban J connectivity index is 0. The van der Waals surface area contributed by atoms with Crippen LogP contribution in [-0.2, 0) is 6.42 Å². The van der Waals surface area contributed by atoms with Gasteiger partial charge in [0.2, 0.25) is 0 Å². The van der Waals surface area contributed by atoms with Gasteiger partial charge in [-0.2, -0.15) is 0 Å². The number of benzene rings is 2. The molecule has 0 saturated carbocycles. The third-order valence-corrected chi connectivity index (χ3v) is 3.64. The van der Waals surface area contributed by atoms with E-state index < -0.39 is 0 Å². The molecule has 1 nitrogen and oxygen atoms in total. The van der Waals surface area contributed by atoms with Crippen molar-refractivity contribution in [3.63, 3.8) is 0 Å². The van der Waals surface area contributed by atoms with Crippen LogP contribution in [0.2, 0.25) is 0 Å². The molecule has 0 heterocycles. The molecule has 2 aromatic carbocycles. The lowest BCUT2D eigenvalue weighted by Gasteiger charge is -2.18. The second-order valence-electron chi connectivity index (χ2n) is 5.08. The van der Waals surface area contributed by atoms with E-state index in [1.807, 2.05) is 27.7 Å². The molecule has 0 radical (unpaired) electrons. The number of anilines is 1. The van der Waals surface area contributed by atoms with Gasteiger partial charge in [0, 0.05) is 19.3 Å². The summed E-state index contributed by atoms with van der Waals surface area (Å²) in [6, 6.07) is 16.9. The maximum Gasteiger partial charge on any atom is 0.0393 e. The molecule has 136 valence electrons. The van der Waals surface area contributed by atoms with Gasteiger partial charge in [-0.05, 0) is 49.9 Å². The maximum absolute atomic E-state index is 2.25. The second-order valence-corrected chi connectivity index (χ2v) is 5.08. The lowest BCUT2D eigenvalue weighted by atomic mass is 10.1. The van der Waals surface area contributed by atoms with E-state index in [2.05, 4.69) is 88.2 Å². The molecule has 2 aromatic rings. The summed E-state index contributed by atoms with van der Waals surface area (Å²) in [5.74, 6) is 0. The van der Waals surface area contributed by atoms with Gasteiger partial charge in [0.05, 0.1) is 0 Å². The average Bonchev–Trinajstić information content (AvgIpc) is 2.66. The molecule has 2 rings (SSSR count). The molecule has 0 aromatic heterocycles. The molecular formula is C23H39N. The van der Waals surface area contributed by atoms with Crippen LogP contribution in [0.15, 0.2) is 48.5 Å². The molecule has 0 aliphatic heterocycles. The first-order valence-corrected chi connectivity index (χ1v) is 9.41. The Morgan fingerprint density at radius 3 is 1.54 bits per heavy atom. The maximum atomic E-state index is 2.25. The molecule has 0 amide bonds. The fourth-order valence-electron chi connectivity index (χ4n) is 2.17. The second kappa shape index (κ2) is 16.1. The Kier molecular flexibility index (Phi) is 16.4. The van der Waals surface area contributed by atoms with E-state index in [1.54, 1.807) is 0 Å². The summed E-state index contributed by atoms with van der Waals surface area (Å²) < 4.78 is 0. The van der Waals surface area contributed by atoms with Gasteiger partial charge in [-0.15, -0.1) is 0 Å². The topological polar surface area (TPSA) is 3.24 Å². The van der Waals surface area contributed by atoms with E-state index in [9.17, 15) is 0 Å². The molecule has 0 spiro atoms. The summed E-state index contributed by atoms with van der Waals surface area (Å²) in [7, 11) is 2.11. The van der Waals surface area contributed by atoms with Crippen LogP contribution in [-0.4, -0.2) is 13.6 Å². The van der Waals surface area contributed by atoms with Crippen LogP contribution in [0.25, 0.3) is 0 Å².